The Hall–Kier alpha value is -1.50. The zero-order valence-electron chi connectivity index (χ0n) is 7.68. The number of hydrogen-bond donors (Lipinski definition) is 2. The van der Waals surface area contributed by atoms with E-state index in [2.05, 4.69) is 0 Å². The van der Waals surface area contributed by atoms with E-state index in [1.807, 2.05) is 18.2 Å². The number of carboxylic acids is 1. The first-order chi connectivity index (χ1) is 6.68. The molecule has 0 saturated carbocycles. The van der Waals surface area contributed by atoms with Crippen LogP contribution >= 0.6 is 0 Å². The predicted octanol–water partition coefficient (Wildman–Crippen LogP) is 2.24. The van der Waals surface area contributed by atoms with Gasteiger partial charge < -0.3 is 10.2 Å². The van der Waals surface area contributed by atoms with Crippen LogP contribution in [0.25, 0.3) is 10.8 Å². The van der Waals surface area contributed by atoms with Crippen molar-refractivity contribution in [2.24, 2.45) is 0 Å². The van der Waals surface area contributed by atoms with Crippen molar-refractivity contribution in [3.05, 3.63) is 42.0 Å². The molecule has 3 nitrogen and oxygen atoms in total. The largest absolute Gasteiger partial charge is 0.507 e. The second kappa shape index (κ2) is 4.35. The number of carbonyl (C=O) groups is 1. The van der Waals surface area contributed by atoms with Crippen LogP contribution in [-0.4, -0.2) is 16.2 Å². The Morgan fingerprint density at radius 1 is 1.07 bits per heavy atom. The minimum atomic E-state index is -1.12. The van der Waals surface area contributed by atoms with Crippen molar-refractivity contribution in [2.45, 2.75) is 0 Å². The van der Waals surface area contributed by atoms with Gasteiger partial charge in [-0.1, -0.05) is 24.3 Å². The van der Waals surface area contributed by atoms with Crippen LogP contribution in [0.5, 0.6) is 5.75 Å². The summed E-state index contributed by atoms with van der Waals surface area (Å²) in [6.45, 7) is 0. The van der Waals surface area contributed by atoms with Gasteiger partial charge in [0.15, 0.2) is 0 Å². The summed E-state index contributed by atoms with van der Waals surface area (Å²) in [7, 11) is 0. The smallest absolute Gasteiger partial charge is 0.339 e. The molecule has 0 saturated heterocycles. The number of fused-ring (bicyclic) bond motifs is 1. The number of aromatic hydroxyl groups is 1. The number of phenols is 1. The summed E-state index contributed by atoms with van der Waals surface area (Å²) in [4.78, 5) is 10.7. The Balaban J connectivity index is 0.00000112. The van der Waals surface area contributed by atoms with Gasteiger partial charge in [0, 0.05) is 17.4 Å². The van der Waals surface area contributed by atoms with Crippen molar-refractivity contribution in [3.63, 3.8) is 0 Å². The molecule has 0 fully saturated rings. The fraction of sp³-hybridized carbons (Fsp3) is 0. The fourth-order valence-electron chi connectivity index (χ4n) is 1.40. The third-order valence-corrected chi connectivity index (χ3v) is 2.09. The van der Waals surface area contributed by atoms with E-state index in [-0.39, 0.29) is 28.7 Å². The number of hydrogen-bond acceptors (Lipinski definition) is 2. The Morgan fingerprint density at radius 3 is 2.13 bits per heavy atom. The molecule has 0 radical (unpaired) electrons. The third-order valence-electron chi connectivity index (χ3n) is 2.09. The van der Waals surface area contributed by atoms with Crippen molar-refractivity contribution in [1.82, 2.24) is 0 Å². The van der Waals surface area contributed by atoms with E-state index in [1.54, 1.807) is 6.07 Å². The van der Waals surface area contributed by atoms with E-state index in [0.29, 0.717) is 0 Å². The Morgan fingerprint density at radius 2 is 1.60 bits per heavy atom. The maximum absolute atomic E-state index is 10.7. The van der Waals surface area contributed by atoms with Crippen molar-refractivity contribution in [1.29, 1.82) is 0 Å². The molecule has 4 heteroatoms. The molecule has 2 aromatic rings. The number of carboxylic acid groups (broad SMARTS) is 1. The van der Waals surface area contributed by atoms with Crippen LogP contribution in [0, 0.1) is 0 Å². The number of benzene rings is 2. The van der Waals surface area contributed by atoms with Crippen molar-refractivity contribution >= 4 is 16.7 Å². The molecule has 0 aliphatic rings. The molecule has 2 aromatic carbocycles. The second-order valence-corrected chi connectivity index (χ2v) is 3.02. The molecule has 0 amide bonds. The first-order valence-electron chi connectivity index (χ1n) is 4.13. The number of rotatable bonds is 1. The summed E-state index contributed by atoms with van der Waals surface area (Å²) in [6, 6.07) is 10.2. The molecule has 76 valence electrons. The van der Waals surface area contributed by atoms with Gasteiger partial charge in [-0.05, 0) is 22.9 Å². The van der Waals surface area contributed by atoms with Crippen LogP contribution in [0.2, 0.25) is 0 Å². The van der Waals surface area contributed by atoms with Crippen molar-refractivity contribution < 1.29 is 32.4 Å². The zero-order valence-corrected chi connectivity index (χ0v) is 8.95. The van der Waals surface area contributed by atoms with E-state index >= 15 is 0 Å². The van der Waals surface area contributed by atoms with Gasteiger partial charge in [0.2, 0.25) is 0 Å². The maximum atomic E-state index is 10.7. The fourth-order valence-corrected chi connectivity index (χ4v) is 1.40. The van der Waals surface area contributed by atoms with E-state index in [0.717, 1.165) is 10.8 Å². The first kappa shape index (κ1) is 11.6. The summed E-state index contributed by atoms with van der Waals surface area (Å²) in [5.41, 5.74) is -0.0660. The summed E-state index contributed by atoms with van der Waals surface area (Å²) in [5, 5.41) is 19.8. The van der Waals surface area contributed by atoms with Crippen LogP contribution < -0.4 is 0 Å². The molecule has 15 heavy (non-hydrogen) atoms. The predicted molar refractivity (Wildman–Crippen MR) is 52.6 cm³/mol. The topological polar surface area (TPSA) is 57.5 Å². The molecule has 2 N–H and O–H groups in total. The Bertz CT molecular complexity index is 508. The van der Waals surface area contributed by atoms with E-state index in [1.165, 1.54) is 12.1 Å². The molecule has 0 heterocycles. The minimum Gasteiger partial charge on any atom is -0.507 e. The molecule has 0 spiro atoms. The van der Waals surface area contributed by atoms with Crippen molar-refractivity contribution in [2.75, 3.05) is 0 Å². The summed E-state index contributed by atoms with van der Waals surface area (Å²) in [6.07, 6.45) is 0. The normalized spacial score (nSPS) is 9.60. The molecule has 2 rings (SSSR count). The van der Waals surface area contributed by atoms with Gasteiger partial charge in [-0.15, -0.1) is 0 Å². The summed E-state index contributed by atoms with van der Waals surface area (Å²) in [5.74, 6) is -1.32. The monoisotopic (exact) mass is 240 g/mol. The Kier molecular flexibility index (Phi) is 3.36. The second-order valence-electron chi connectivity index (χ2n) is 3.02. The van der Waals surface area contributed by atoms with Gasteiger partial charge in [-0.2, -0.15) is 0 Å². The van der Waals surface area contributed by atoms with E-state index in [9.17, 15) is 9.90 Å². The molecular weight excluding hydrogens is 232 g/mol. The molecule has 0 aliphatic carbocycles. The molecule has 0 unspecified atom stereocenters. The number of aromatic carboxylic acids is 1. The average molecular weight is 240 g/mol. The van der Waals surface area contributed by atoms with Gasteiger partial charge in [0.05, 0.1) is 0 Å². The van der Waals surface area contributed by atoms with Crippen LogP contribution in [0.4, 0.5) is 0 Å². The molecule has 0 aromatic heterocycles. The maximum Gasteiger partial charge on any atom is 0.339 e. The minimum absolute atomic E-state index is 0. The molecule has 0 aliphatic heterocycles. The summed E-state index contributed by atoms with van der Waals surface area (Å²) >= 11 is 0. The average Bonchev–Trinajstić information content (AvgIpc) is 2.16. The van der Waals surface area contributed by atoms with Crippen LogP contribution in [0.15, 0.2) is 36.4 Å². The SMILES string of the molecule is O=C(O)c1cc2ccccc2cc1O.[Cr]. The van der Waals surface area contributed by atoms with Crippen LogP contribution in [0.3, 0.4) is 0 Å². The van der Waals surface area contributed by atoms with Crippen molar-refractivity contribution in [3.8, 4) is 5.75 Å². The quantitative estimate of drug-likeness (QED) is 0.803. The summed E-state index contributed by atoms with van der Waals surface area (Å²) < 4.78 is 0. The van der Waals surface area contributed by atoms with Gasteiger partial charge in [-0.25, -0.2) is 4.79 Å². The standard InChI is InChI=1S/C11H8O3.Cr/c12-10-6-8-4-2-1-3-7(8)5-9(10)11(13)14;/h1-6,12H,(H,13,14);. The van der Waals surface area contributed by atoms with Gasteiger partial charge in [0.25, 0.3) is 0 Å². The van der Waals surface area contributed by atoms with Crippen LogP contribution in [0.1, 0.15) is 10.4 Å². The zero-order chi connectivity index (χ0) is 10.1. The van der Waals surface area contributed by atoms with E-state index in [4.69, 9.17) is 5.11 Å². The van der Waals surface area contributed by atoms with Crippen LogP contribution in [-0.2, 0) is 17.4 Å². The van der Waals surface area contributed by atoms with Gasteiger partial charge in [0.1, 0.15) is 11.3 Å². The van der Waals surface area contributed by atoms with Gasteiger partial charge >= 0.3 is 5.97 Å². The molecule has 0 bridgehead atoms. The van der Waals surface area contributed by atoms with Gasteiger partial charge in [-0.3, -0.25) is 0 Å². The van der Waals surface area contributed by atoms with E-state index < -0.39 is 5.97 Å². The third kappa shape index (κ3) is 2.12. The first-order valence-corrected chi connectivity index (χ1v) is 4.13. The molecular formula is C11H8CrO3. The molecule has 0 atom stereocenters. The Labute approximate surface area is 97.1 Å².